The van der Waals surface area contributed by atoms with Crippen LogP contribution in [0.3, 0.4) is 0 Å². The van der Waals surface area contributed by atoms with E-state index in [9.17, 15) is 17.6 Å². The lowest BCUT2D eigenvalue weighted by molar-refractivity contribution is -0.136. The summed E-state index contributed by atoms with van der Waals surface area (Å²) >= 11 is 6.08. The zero-order chi connectivity index (χ0) is 21.1. The lowest BCUT2D eigenvalue weighted by Gasteiger charge is -2.29. The number of halogens is 2. The largest absolute Gasteiger partial charge is 0.379 e. The fourth-order valence-electron chi connectivity index (χ4n) is 2.55. The highest BCUT2D eigenvalue weighted by Gasteiger charge is 2.24. The molecule has 0 aromatic heterocycles. The monoisotopic (exact) mass is 427 g/mol. The SMILES string of the molecule is CC(C)C(=O)N(Cc1cc(Cl)ccc1OS(=O)(=O)c1ccc(F)cc1)C(C)C. The maximum Gasteiger partial charge on any atom is 0.339 e. The fourth-order valence-corrected chi connectivity index (χ4v) is 3.71. The highest BCUT2D eigenvalue weighted by Crippen LogP contribution is 2.28. The van der Waals surface area contributed by atoms with E-state index in [0.29, 0.717) is 10.6 Å². The number of rotatable bonds is 7. The van der Waals surface area contributed by atoms with Gasteiger partial charge in [0.15, 0.2) is 0 Å². The predicted molar refractivity (Wildman–Crippen MR) is 106 cm³/mol. The Labute approximate surface area is 170 Å². The van der Waals surface area contributed by atoms with Crippen LogP contribution in [0, 0.1) is 11.7 Å². The van der Waals surface area contributed by atoms with Crippen molar-refractivity contribution in [2.45, 2.75) is 45.2 Å². The Morgan fingerprint density at radius 1 is 1.11 bits per heavy atom. The van der Waals surface area contributed by atoms with Crippen molar-refractivity contribution in [1.29, 1.82) is 0 Å². The van der Waals surface area contributed by atoms with Gasteiger partial charge in [0.05, 0.1) is 0 Å². The summed E-state index contributed by atoms with van der Waals surface area (Å²) in [6, 6.07) is 8.75. The molecular weight excluding hydrogens is 405 g/mol. The molecule has 8 heteroatoms. The highest BCUT2D eigenvalue weighted by atomic mass is 35.5. The Hall–Kier alpha value is -2.12. The minimum atomic E-state index is -4.17. The second-order valence-corrected chi connectivity index (χ2v) is 8.94. The molecule has 5 nitrogen and oxygen atoms in total. The summed E-state index contributed by atoms with van der Waals surface area (Å²) in [6.07, 6.45) is 0. The van der Waals surface area contributed by atoms with Crippen LogP contribution in [0.25, 0.3) is 0 Å². The number of carbonyl (C=O) groups is 1. The summed E-state index contributed by atoms with van der Waals surface area (Å²) in [6.45, 7) is 7.49. The summed E-state index contributed by atoms with van der Waals surface area (Å²) in [5, 5.41) is 0.391. The molecule has 2 rings (SSSR count). The van der Waals surface area contributed by atoms with Crippen LogP contribution in [-0.4, -0.2) is 25.3 Å². The van der Waals surface area contributed by atoms with E-state index in [1.165, 1.54) is 12.1 Å². The summed E-state index contributed by atoms with van der Waals surface area (Å²) < 4.78 is 43.5. The first-order chi connectivity index (χ1) is 13.0. The average Bonchev–Trinajstić information content (AvgIpc) is 2.61. The van der Waals surface area contributed by atoms with Crippen molar-refractivity contribution in [3.05, 3.63) is 58.9 Å². The Balaban J connectivity index is 2.38. The average molecular weight is 428 g/mol. The maximum absolute atomic E-state index is 13.1. The lowest BCUT2D eigenvalue weighted by atomic mass is 10.1. The maximum atomic E-state index is 13.1. The van der Waals surface area contributed by atoms with E-state index in [-0.39, 0.29) is 35.1 Å². The third-order valence-corrected chi connectivity index (χ3v) is 5.55. The molecule has 0 radical (unpaired) electrons. The van der Waals surface area contributed by atoms with Crippen LogP contribution in [0.1, 0.15) is 33.3 Å². The Morgan fingerprint density at radius 2 is 1.71 bits per heavy atom. The third kappa shape index (κ3) is 5.45. The molecule has 0 saturated carbocycles. The molecule has 0 atom stereocenters. The van der Waals surface area contributed by atoms with Gasteiger partial charge in [0.2, 0.25) is 5.91 Å². The molecule has 1 amide bonds. The predicted octanol–water partition coefficient (Wildman–Crippen LogP) is 4.64. The number of nitrogens with zero attached hydrogens (tertiary/aromatic N) is 1. The molecule has 0 N–H and O–H groups in total. The van der Waals surface area contributed by atoms with E-state index < -0.39 is 15.9 Å². The van der Waals surface area contributed by atoms with Gasteiger partial charge in [-0.2, -0.15) is 8.42 Å². The molecule has 0 saturated heterocycles. The molecule has 152 valence electrons. The molecule has 0 bridgehead atoms. The van der Waals surface area contributed by atoms with E-state index in [1.807, 2.05) is 13.8 Å². The number of hydrogen-bond acceptors (Lipinski definition) is 4. The quantitative estimate of drug-likeness (QED) is 0.604. The molecule has 2 aromatic rings. The number of amides is 1. The normalized spacial score (nSPS) is 11.7. The van der Waals surface area contributed by atoms with Crippen LogP contribution in [0.5, 0.6) is 5.75 Å². The second kappa shape index (κ2) is 8.92. The van der Waals surface area contributed by atoms with Crippen LogP contribution in [0.2, 0.25) is 5.02 Å². The topological polar surface area (TPSA) is 63.7 Å². The van der Waals surface area contributed by atoms with E-state index in [4.69, 9.17) is 15.8 Å². The van der Waals surface area contributed by atoms with Crippen LogP contribution in [-0.2, 0) is 21.5 Å². The van der Waals surface area contributed by atoms with E-state index in [0.717, 1.165) is 24.3 Å². The van der Waals surface area contributed by atoms with Crippen LogP contribution in [0.4, 0.5) is 4.39 Å². The third-order valence-electron chi connectivity index (χ3n) is 4.07. The molecule has 2 aromatic carbocycles. The molecule has 0 fully saturated rings. The highest BCUT2D eigenvalue weighted by molar-refractivity contribution is 7.87. The summed E-state index contributed by atoms with van der Waals surface area (Å²) in [5.74, 6) is -0.766. The van der Waals surface area contributed by atoms with Gasteiger partial charge in [0, 0.05) is 29.1 Å². The Bertz CT molecular complexity index is 943. The Morgan fingerprint density at radius 3 is 2.25 bits per heavy atom. The van der Waals surface area contributed by atoms with Crippen LogP contribution >= 0.6 is 11.6 Å². The summed E-state index contributed by atoms with van der Waals surface area (Å²) in [5.41, 5.74) is 0.459. The Kier molecular flexibility index (Phi) is 7.06. The first kappa shape index (κ1) is 22.2. The minimum absolute atomic E-state index is 0.0657. The van der Waals surface area contributed by atoms with Gasteiger partial charge in [-0.05, 0) is 56.3 Å². The first-order valence-electron chi connectivity index (χ1n) is 8.80. The van der Waals surface area contributed by atoms with Crippen molar-refractivity contribution in [2.24, 2.45) is 5.92 Å². The van der Waals surface area contributed by atoms with Crippen LogP contribution < -0.4 is 4.18 Å². The van der Waals surface area contributed by atoms with Crippen molar-refractivity contribution >= 4 is 27.6 Å². The van der Waals surface area contributed by atoms with E-state index >= 15 is 0 Å². The van der Waals surface area contributed by atoms with Gasteiger partial charge in [0.25, 0.3) is 0 Å². The van der Waals surface area contributed by atoms with Crippen LogP contribution in [0.15, 0.2) is 47.4 Å². The molecule has 28 heavy (non-hydrogen) atoms. The van der Waals surface area contributed by atoms with E-state index in [1.54, 1.807) is 24.8 Å². The van der Waals surface area contributed by atoms with Gasteiger partial charge in [-0.1, -0.05) is 25.4 Å². The molecule has 0 unspecified atom stereocenters. The van der Waals surface area contributed by atoms with E-state index in [2.05, 4.69) is 0 Å². The van der Waals surface area contributed by atoms with Gasteiger partial charge in [0.1, 0.15) is 16.5 Å². The fraction of sp³-hybridized carbons (Fsp3) is 0.350. The first-order valence-corrected chi connectivity index (χ1v) is 10.6. The molecule has 0 aliphatic rings. The van der Waals surface area contributed by atoms with Gasteiger partial charge < -0.3 is 9.08 Å². The zero-order valence-electron chi connectivity index (χ0n) is 16.1. The van der Waals surface area contributed by atoms with Crippen molar-refractivity contribution in [1.82, 2.24) is 4.90 Å². The molecular formula is C20H23ClFNO4S. The summed E-state index contributed by atoms with van der Waals surface area (Å²) in [4.78, 5) is 14.0. The van der Waals surface area contributed by atoms with Gasteiger partial charge in [-0.15, -0.1) is 0 Å². The van der Waals surface area contributed by atoms with Gasteiger partial charge in [-0.3, -0.25) is 4.79 Å². The number of benzene rings is 2. The van der Waals surface area contributed by atoms with Crippen molar-refractivity contribution < 1.29 is 21.8 Å². The van der Waals surface area contributed by atoms with Crippen molar-refractivity contribution in [2.75, 3.05) is 0 Å². The van der Waals surface area contributed by atoms with Crippen molar-refractivity contribution in [3.8, 4) is 5.75 Å². The lowest BCUT2D eigenvalue weighted by Crippen LogP contribution is -2.39. The zero-order valence-corrected chi connectivity index (χ0v) is 17.7. The minimum Gasteiger partial charge on any atom is -0.379 e. The van der Waals surface area contributed by atoms with Gasteiger partial charge >= 0.3 is 10.1 Å². The smallest absolute Gasteiger partial charge is 0.339 e. The molecule has 0 aliphatic heterocycles. The standard InChI is InChI=1S/C20H23ClFNO4S/c1-13(2)20(24)23(14(3)4)12-15-11-16(21)5-10-19(15)27-28(25,26)18-8-6-17(22)7-9-18/h5-11,13-14H,12H2,1-4H3. The molecule has 0 spiro atoms. The number of carbonyl (C=O) groups excluding carboxylic acids is 1. The molecule has 0 heterocycles. The number of hydrogen-bond donors (Lipinski definition) is 0. The van der Waals surface area contributed by atoms with Gasteiger partial charge in [-0.25, -0.2) is 4.39 Å². The summed E-state index contributed by atoms with van der Waals surface area (Å²) in [7, 11) is -4.17. The second-order valence-electron chi connectivity index (χ2n) is 6.96. The molecule has 0 aliphatic carbocycles. The van der Waals surface area contributed by atoms with Crippen molar-refractivity contribution in [3.63, 3.8) is 0 Å².